The molecule has 1 aromatic heterocycles. The molecule has 0 aliphatic rings. The van der Waals surface area contributed by atoms with Crippen LogP contribution in [-0.2, 0) is 13.2 Å². The van der Waals surface area contributed by atoms with Crippen LogP contribution in [-0.4, -0.2) is 21.3 Å². The quantitative estimate of drug-likeness (QED) is 0.851. The molecule has 0 radical (unpaired) electrons. The summed E-state index contributed by atoms with van der Waals surface area (Å²) in [5.41, 5.74) is 6.27. The monoisotopic (exact) mass is 284 g/mol. The number of hydrogen-bond acceptors (Lipinski definition) is 4. The van der Waals surface area contributed by atoms with Crippen LogP contribution in [0, 0.1) is 17.8 Å². The lowest BCUT2D eigenvalue weighted by Crippen LogP contribution is -2.12. The molecule has 110 valence electrons. The summed E-state index contributed by atoms with van der Waals surface area (Å²) in [6, 6.07) is 7.61. The molecule has 21 heavy (non-hydrogen) atoms. The van der Waals surface area contributed by atoms with Crippen molar-refractivity contribution < 1.29 is 4.74 Å². The highest BCUT2D eigenvalue weighted by Crippen LogP contribution is 2.13. The highest BCUT2D eigenvalue weighted by molar-refractivity contribution is 5.38. The smallest absolute Gasteiger partial charge is 0.164 e. The molecule has 0 amide bonds. The van der Waals surface area contributed by atoms with Gasteiger partial charge in [-0.2, -0.15) is 5.10 Å². The van der Waals surface area contributed by atoms with E-state index in [4.69, 9.17) is 10.5 Å². The van der Waals surface area contributed by atoms with Crippen molar-refractivity contribution in [3.05, 3.63) is 42.0 Å². The van der Waals surface area contributed by atoms with Crippen LogP contribution in [0.1, 0.15) is 25.2 Å². The summed E-state index contributed by atoms with van der Waals surface area (Å²) in [6.45, 7) is 5.90. The van der Waals surface area contributed by atoms with Gasteiger partial charge in [0.2, 0.25) is 0 Å². The van der Waals surface area contributed by atoms with E-state index in [0.29, 0.717) is 19.1 Å². The zero-order valence-electron chi connectivity index (χ0n) is 12.4. The van der Waals surface area contributed by atoms with Gasteiger partial charge in [0.1, 0.15) is 18.7 Å². The Morgan fingerprint density at radius 1 is 1.29 bits per heavy atom. The van der Waals surface area contributed by atoms with Crippen molar-refractivity contribution in [3.8, 4) is 17.6 Å². The maximum absolute atomic E-state index is 5.74. The van der Waals surface area contributed by atoms with Crippen LogP contribution in [0.3, 0.4) is 0 Å². The predicted molar refractivity (Wildman–Crippen MR) is 81.6 cm³/mol. The highest BCUT2D eigenvalue weighted by atomic mass is 16.5. The van der Waals surface area contributed by atoms with Gasteiger partial charge < -0.3 is 10.5 Å². The van der Waals surface area contributed by atoms with Crippen molar-refractivity contribution in [2.24, 2.45) is 11.7 Å². The predicted octanol–water partition coefficient (Wildman–Crippen LogP) is 1.82. The Morgan fingerprint density at radius 3 is 2.71 bits per heavy atom. The van der Waals surface area contributed by atoms with Crippen LogP contribution in [0.25, 0.3) is 0 Å². The number of nitrogens with zero attached hydrogens (tertiary/aromatic N) is 3. The second-order valence-corrected chi connectivity index (χ2v) is 5.07. The fraction of sp³-hybridized carbons (Fsp3) is 0.375. The molecule has 0 fully saturated rings. The molecule has 5 nitrogen and oxygen atoms in total. The van der Waals surface area contributed by atoms with Crippen LogP contribution >= 0.6 is 0 Å². The first kappa shape index (κ1) is 15.1. The van der Waals surface area contributed by atoms with Crippen molar-refractivity contribution in [3.63, 3.8) is 0 Å². The molecule has 0 saturated carbocycles. The number of nitrogens with two attached hydrogens (primary N) is 1. The highest BCUT2D eigenvalue weighted by Gasteiger charge is 2.06. The van der Waals surface area contributed by atoms with Crippen LogP contribution in [0.2, 0.25) is 0 Å². The number of benzene rings is 1. The molecule has 2 aromatic rings. The largest absolute Gasteiger partial charge is 0.486 e. The first-order valence-electron chi connectivity index (χ1n) is 6.97. The van der Waals surface area contributed by atoms with E-state index < -0.39 is 0 Å². The molecule has 0 saturated heterocycles. The molecule has 0 unspecified atom stereocenters. The lowest BCUT2D eigenvalue weighted by Gasteiger charge is -2.09. The summed E-state index contributed by atoms with van der Waals surface area (Å²) in [6.07, 6.45) is 1.56. The zero-order chi connectivity index (χ0) is 15.1. The second-order valence-electron chi connectivity index (χ2n) is 5.07. The van der Waals surface area contributed by atoms with Crippen LogP contribution in [0.15, 0.2) is 30.6 Å². The zero-order valence-corrected chi connectivity index (χ0v) is 12.4. The third-order valence-electron chi connectivity index (χ3n) is 2.79. The van der Waals surface area contributed by atoms with E-state index in [2.05, 4.69) is 35.8 Å². The van der Waals surface area contributed by atoms with Gasteiger partial charge in [-0.25, -0.2) is 9.67 Å². The van der Waals surface area contributed by atoms with E-state index in [1.807, 2.05) is 28.9 Å². The minimum Gasteiger partial charge on any atom is -0.486 e. The first-order chi connectivity index (χ1) is 10.2. The minimum absolute atomic E-state index is 0.365. The number of rotatable bonds is 5. The summed E-state index contributed by atoms with van der Waals surface area (Å²) in [4.78, 5) is 4.23. The van der Waals surface area contributed by atoms with Gasteiger partial charge in [-0.05, 0) is 30.2 Å². The van der Waals surface area contributed by atoms with E-state index in [0.717, 1.165) is 23.7 Å². The Hall–Kier alpha value is -2.32. The average molecular weight is 284 g/mol. The Morgan fingerprint density at radius 2 is 2.05 bits per heavy atom. The summed E-state index contributed by atoms with van der Waals surface area (Å²) < 4.78 is 7.62. The van der Waals surface area contributed by atoms with E-state index >= 15 is 0 Å². The first-order valence-corrected chi connectivity index (χ1v) is 6.97. The number of aromatic nitrogens is 3. The van der Waals surface area contributed by atoms with Gasteiger partial charge in [0.15, 0.2) is 5.82 Å². The van der Waals surface area contributed by atoms with E-state index in [-0.39, 0.29) is 0 Å². The Balaban J connectivity index is 1.95. The summed E-state index contributed by atoms with van der Waals surface area (Å²) in [5.74, 6) is 7.93. The molecule has 0 atom stereocenters. The normalized spacial score (nSPS) is 10.3. The molecule has 0 aliphatic carbocycles. The van der Waals surface area contributed by atoms with Crippen LogP contribution < -0.4 is 10.5 Å². The summed E-state index contributed by atoms with van der Waals surface area (Å²) in [5, 5.41) is 4.21. The molecule has 2 N–H and O–H groups in total. The van der Waals surface area contributed by atoms with Crippen molar-refractivity contribution in [2.45, 2.75) is 27.0 Å². The lowest BCUT2D eigenvalue weighted by molar-refractivity contribution is 0.282. The molecule has 0 spiro atoms. The van der Waals surface area contributed by atoms with Crippen molar-refractivity contribution in [1.82, 2.24) is 14.8 Å². The molecule has 1 aromatic carbocycles. The molecular formula is C16H20N4O. The van der Waals surface area contributed by atoms with Crippen molar-refractivity contribution >= 4 is 0 Å². The average Bonchev–Trinajstić information content (AvgIpc) is 2.90. The molecule has 1 heterocycles. The summed E-state index contributed by atoms with van der Waals surface area (Å²) >= 11 is 0. The molecule has 0 aliphatic heterocycles. The summed E-state index contributed by atoms with van der Waals surface area (Å²) in [7, 11) is 0. The van der Waals surface area contributed by atoms with Gasteiger partial charge in [0, 0.05) is 12.1 Å². The fourth-order valence-corrected chi connectivity index (χ4v) is 1.83. The van der Waals surface area contributed by atoms with Gasteiger partial charge in [0.25, 0.3) is 0 Å². The Labute approximate surface area is 125 Å². The van der Waals surface area contributed by atoms with Gasteiger partial charge in [-0.15, -0.1) is 0 Å². The van der Waals surface area contributed by atoms with Crippen molar-refractivity contribution in [1.29, 1.82) is 0 Å². The molecule has 0 bridgehead atoms. The maximum Gasteiger partial charge on any atom is 0.164 e. The third-order valence-corrected chi connectivity index (χ3v) is 2.79. The van der Waals surface area contributed by atoms with E-state index in [9.17, 15) is 0 Å². The van der Waals surface area contributed by atoms with Crippen molar-refractivity contribution in [2.75, 3.05) is 6.54 Å². The fourth-order valence-electron chi connectivity index (χ4n) is 1.83. The number of ether oxygens (including phenoxy) is 1. The minimum atomic E-state index is 0.365. The van der Waals surface area contributed by atoms with Gasteiger partial charge in [0.05, 0.1) is 6.54 Å². The van der Waals surface area contributed by atoms with Gasteiger partial charge in [-0.1, -0.05) is 25.7 Å². The molecule has 5 heteroatoms. The SMILES string of the molecule is CC(C)Cn1ncnc1COc1ccc(C#CCN)cc1. The second kappa shape index (κ2) is 7.46. The van der Waals surface area contributed by atoms with Crippen LogP contribution in [0.5, 0.6) is 5.75 Å². The topological polar surface area (TPSA) is 66.0 Å². The third kappa shape index (κ3) is 4.62. The van der Waals surface area contributed by atoms with Gasteiger partial charge in [-0.3, -0.25) is 0 Å². The van der Waals surface area contributed by atoms with Gasteiger partial charge >= 0.3 is 0 Å². The molecular weight excluding hydrogens is 264 g/mol. The number of hydrogen-bond donors (Lipinski definition) is 1. The maximum atomic E-state index is 5.74. The van der Waals surface area contributed by atoms with E-state index in [1.165, 1.54) is 0 Å². The lowest BCUT2D eigenvalue weighted by atomic mass is 10.2. The Kier molecular flexibility index (Phi) is 5.35. The standard InChI is InChI=1S/C16H20N4O/c1-13(2)10-20-16(18-12-19-20)11-21-15-7-5-14(6-8-15)4-3-9-17/h5-8,12-13H,9-11,17H2,1-2H3. The van der Waals surface area contributed by atoms with Crippen LogP contribution in [0.4, 0.5) is 0 Å². The molecule has 2 rings (SSSR count). The van der Waals surface area contributed by atoms with E-state index in [1.54, 1.807) is 6.33 Å². The Bertz CT molecular complexity index is 620.